The summed E-state index contributed by atoms with van der Waals surface area (Å²) in [6.07, 6.45) is 1.32. The molecule has 4 rings (SSSR count). The van der Waals surface area contributed by atoms with Crippen LogP contribution < -0.4 is 20.3 Å². The van der Waals surface area contributed by atoms with Gasteiger partial charge < -0.3 is 14.8 Å². The Morgan fingerprint density at radius 2 is 1.88 bits per heavy atom. The molecule has 0 aliphatic carbocycles. The van der Waals surface area contributed by atoms with Crippen molar-refractivity contribution in [3.63, 3.8) is 0 Å². The number of hydrogen-bond donors (Lipinski definition) is 1. The molecule has 164 valence electrons. The molecule has 2 heterocycles. The van der Waals surface area contributed by atoms with E-state index in [1.807, 2.05) is 31.2 Å². The lowest BCUT2D eigenvalue weighted by Crippen LogP contribution is -2.28. The summed E-state index contributed by atoms with van der Waals surface area (Å²) >= 11 is 0. The van der Waals surface area contributed by atoms with Crippen molar-refractivity contribution in [3.05, 3.63) is 70.3 Å². The number of rotatable bonds is 7. The van der Waals surface area contributed by atoms with Crippen LogP contribution in [0.5, 0.6) is 11.5 Å². The number of hydrogen-bond acceptors (Lipinski definition) is 7. The highest BCUT2D eigenvalue weighted by molar-refractivity contribution is 5.92. The smallest absolute Gasteiger partial charge is 0.283 e. The lowest BCUT2D eigenvalue weighted by Gasteiger charge is -2.12. The Labute approximate surface area is 183 Å². The summed E-state index contributed by atoms with van der Waals surface area (Å²) in [5.41, 5.74) is 2.66. The molecule has 1 amide bonds. The molecular weight excluding hydrogens is 412 g/mol. The van der Waals surface area contributed by atoms with Crippen LogP contribution in [0.3, 0.4) is 0 Å². The minimum absolute atomic E-state index is 0.106. The van der Waals surface area contributed by atoms with Crippen molar-refractivity contribution in [2.24, 2.45) is 0 Å². The molecule has 2 aromatic carbocycles. The maximum absolute atomic E-state index is 12.8. The van der Waals surface area contributed by atoms with E-state index in [1.165, 1.54) is 18.0 Å². The van der Waals surface area contributed by atoms with Gasteiger partial charge in [0.05, 0.1) is 26.5 Å². The van der Waals surface area contributed by atoms with Crippen LogP contribution in [-0.4, -0.2) is 44.7 Å². The van der Waals surface area contributed by atoms with E-state index >= 15 is 0 Å². The number of carbonyl (C=O) groups is 1. The van der Waals surface area contributed by atoms with Crippen molar-refractivity contribution < 1.29 is 14.3 Å². The number of aryl methyl sites for hydroxylation is 1. The largest absolute Gasteiger partial charge is 0.497 e. The van der Waals surface area contributed by atoms with Gasteiger partial charge in [-0.15, -0.1) is 5.10 Å². The minimum atomic E-state index is -0.443. The topological polar surface area (TPSA) is 113 Å². The molecule has 0 aliphatic rings. The highest BCUT2D eigenvalue weighted by Gasteiger charge is 2.15. The number of carbonyl (C=O) groups excluding carboxylic acids is 1. The third kappa shape index (κ3) is 4.29. The molecule has 0 radical (unpaired) electrons. The van der Waals surface area contributed by atoms with E-state index in [4.69, 9.17) is 9.47 Å². The number of benzene rings is 2. The van der Waals surface area contributed by atoms with Gasteiger partial charge in [0.25, 0.3) is 5.56 Å². The van der Waals surface area contributed by atoms with Crippen LogP contribution in [0.4, 0.5) is 5.69 Å². The van der Waals surface area contributed by atoms with Crippen molar-refractivity contribution in [2.45, 2.75) is 20.0 Å². The van der Waals surface area contributed by atoms with E-state index in [0.29, 0.717) is 29.4 Å². The molecule has 0 unspecified atom stereocenters. The van der Waals surface area contributed by atoms with E-state index < -0.39 is 11.5 Å². The number of nitrogens with one attached hydrogen (secondary N) is 1. The molecule has 0 fully saturated rings. The standard InChI is InChI=1S/C22H22N6O4/c1-14-4-6-15(7-5-14)11-28-21-20(25-26-28)22(30)27(13-23-21)12-19(29)24-17-9-8-16(31-2)10-18(17)32-3/h4-10,13H,11-12H2,1-3H3,(H,24,29). The van der Waals surface area contributed by atoms with Gasteiger partial charge in [-0.1, -0.05) is 35.0 Å². The zero-order valence-electron chi connectivity index (χ0n) is 17.9. The summed E-state index contributed by atoms with van der Waals surface area (Å²) in [4.78, 5) is 29.7. The minimum Gasteiger partial charge on any atom is -0.497 e. The molecular formula is C22H22N6O4. The average Bonchev–Trinajstić information content (AvgIpc) is 3.21. The molecule has 0 saturated carbocycles. The molecule has 10 heteroatoms. The quantitative estimate of drug-likeness (QED) is 0.473. The summed E-state index contributed by atoms with van der Waals surface area (Å²) in [7, 11) is 3.03. The third-order valence-electron chi connectivity index (χ3n) is 4.94. The molecule has 1 N–H and O–H groups in total. The van der Waals surface area contributed by atoms with E-state index in [0.717, 1.165) is 11.1 Å². The van der Waals surface area contributed by atoms with Gasteiger partial charge in [0.1, 0.15) is 24.4 Å². The number of fused-ring (bicyclic) bond motifs is 1. The molecule has 32 heavy (non-hydrogen) atoms. The molecule has 0 atom stereocenters. The van der Waals surface area contributed by atoms with E-state index in [1.54, 1.807) is 30.0 Å². The predicted molar refractivity (Wildman–Crippen MR) is 118 cm³/mol. The maximum atomic E-state index is 12.8. The van der Waals surface area contributed by atoms with Crippen molar-refractivity contribution in [3.8, 4) is 11.5 Å². The zero-order valence-corrected chi connectivity index (χ0v) is 17.9. The van der Waals surface area contributed by atoms with Gasteiger partial charge >= 0.3 is 0 Å². The second kappa shape index (κ2) is 8.88. The number of ether oxygens (including phenoxy) is 2. The number of anilines is 1. The fraction of sp³-hybridized carbons (Fsp3) is 0.227. The number of nitrogens with zero attached hydrogens (tertiary/aromatic N) is 5. The van der Waals surface area contributed by atoms with E-state index in [-0.39, 0.29) is 12.1 Å². The summed E-state index contributed by atoms with van der Waals surface area (Å²) in [6.45, 7) is 2.21. The molecule has 0 bridgehead atoms. The normalized spacial score (nSPS) is 10.8. The monoisotopic (exact) mass is 434 g/mol. The summed E-state index contributed by atoms with van der Waals surface area (Å²) in [5, 5.41) is 10.8. The van der Waals surface area contributed by atoms with Gasteiger partial charge in [0.15, 0.2) is 11.2 Å². The maximum Gasteiger partial charge on any atom is 0.283 e. The van der Waals surface area contributed by atoms with Crippen LogP contribution in [0.2, 0.25) is 0 Å². The van der Waals surface area contributed by atoms with Crippen LogP contribution in [0, 0.1) is 6.92 Å². The first-order chi connectivity index (χ1) is 15.5. The number of aromatic nitrogens is 5. The van der Waals surface area contributed by atoms with Gasteiger partial charge in [0.2, 0.25) is 5.91 Å². The molecule has 10 nitrogen and oxygen atoms in total. The van der Waals surface area contributed by atoms with Crippen LogP contribution >= 0.6 is 0 Å². The lowest BCUT2D eigenvalue weighted by atomic mass is 10.1. The fourth-order valence-corrected chi connectivity index (χ4v) is 3.22. The third-order valence-corrected chi connectivity index (χ3v) is 4.94. The second-order valence-corrected chi connectivity index (χ2v) is 7.20. The molecule has 4 aromatic rings. The summed E-state index contributed by atoms with van der Waals surface area (Å²) in [5.74, 6) is 0.626. The van der Waals surface area contributed by atoms with Crippen molar-refractivity contribution >= 4 is 22.8 Å². The average molecular weight is 434 g/mol. The van der Waals surface area contributed by atoms with E-state index in [2.05, 4.69) is 20.6 Å². The van der Waals surface area contributed by atoms with Crippen molar-refractivity contribution in [2.75, 3.05) is 19.5 Å². The molecule has 0 aliphatic heterocycles. The van der Waals surface area contributed by atoms with Crippen LogP contribution in [0.15, 0.2) is 53.6 Å². The predicted octanol–water partition coefficient (Wildman–Crippen LogP) is 2.00. The van der Waals surface area contributed by atoms with Gasteiger partial charge in [-0.05, 0) is 24.6 Å². The van der Waals surface area contributed by atoms with Gasteiger partial charge in [-0.3, -0.25) is 14.2 Å². The Balaban J connectivity index is 1.53. The zero-order chi connectivity index (χ0) is 22.7. The van der Waals surface area contributed by atoms with Crippen LogP contribution in [0.25, 0.3) is 11.2 Å². The molecule has 0 spiro atoms. The van der Waals surface area contributed by atoms with E-state index in [9.17, 15) is 9.59 Å². The van der Waals surface area contributed by atoms with Crippen LogP contribution in [-0.2, 0) is 17.9 Å². The SMILES string of the molecule is COc1ccc(NC(=O)Cn2cnc3c(nnn3Cc3ccc(C)cc3)c2=O)c(OC)c1. The lowest BCUT2D eigenvalue weighted by molar-refractivity contribution is -0.116. The molecule has 2 aromatic heterocycles. The van der Waals surface area contributed by atoms with Crippen molar-refractivity contribution in [1.29, 1.82) is 0 Å². The number of amides is 1. The molecule has 0 saturated heterocycles. The van der Waals surface area contributed by atoms with Gasteiger partial charge in [-0.25, -0.2) is 9.67 Å². The first kappa shape index (κ1) is 21.0. The van der Waals surface area contributed by atoms with Gasteiger partial charge in [0, 0.05) is 6.07 Å². The fourth-order valence-electron chi connectivity index (χ4n) is 3.22. The highest BCUT2D eigenvalue weighted by atomic mass is 16.5. The van der Waals surface area contributed by atoms with Crippen molar-refractivity contribution in [1.82, 2.24) is 24.5 Å². The Morgan fingerprint density at radius 1 is 1.09 bits per heavy atom. The van der Waals surface area contributed by atoms with Crippen LogP contribution in [0.1, 0.15) is 11.1 Å². The van der Waals surface area contributed by atoms with Gasteiger partial charge in [-0.2, -0.15) is 0 Å². The number of methoxy groups -OCH3 is 2. The Kier molecular flexibility index (Phi) is 5.84. The Hall–Kier alpha value is -4.21. The Morgan fingerprint density at radius 3 is 2.59 bits per heavy atom. The first-order valence-electron chi connectivity index (χ1n) is 9.84. The Bertz CT molecular complexity index is 1330. The first-order valence-corrected chi connectivity index (χ1v) is 9.84. The second-order valence-electron chi connectivity index (χ2n) is 7.20. The highest BCUT2D eigenvalue weighted by Crippen LogP contribution is 2.28. The summed E-state index contributed by atoms with van der Waals surface area (Å²) in [6, 6.07) is 13.0. The summed E-state index contributed by atoms with van der Waals surface area (Å²) < 4.78 is 13.2.